The van der Waals surface area contributed by atoms with Crippen molar-refractivity contribution in [1.82, 2.24) is 9.80 Å². The minimum Gasteiger partial charge on any atom is -0.332 e. The van der Waals surface area contributed by atoms with Crippen LogP contribution in [0.1, 0.15) is 23.2 Å². The second-order valence-corrected chi connectivity index (χ2v) is 8.68. The van der Waals surface area contributed by atoms with Crippen molar-refractivity contribution >= 4 is 27.5 Å². The molecular weight excluding hydrogens is 328 g/mol. The highest BCUT2D eigenvalue weighted by molar-refractivity contribution is 7.94. The Morgan fingerprint density at radius 1 is 1.08 bits per heavy atom. The van der Waals surface area contributed by atoms with Gasteiger partial charge < -0.3 is 9.80 Å². The fourth-order valence-electron chi connectivity index (χ4n) is 4.67. The maximum Gasteiger partial charge on any atom is 0.324 e. The number of carbonyl (C=O) groups excluding carboxylic acids is 1. The topological polar surface area (TPSA) is 73.0 Å². The van der Waals surface area contributed by atoms with E-state index in [0.717, 1.165) is 32.5 Å². The minimum atomic E-state index is -3.58. The summed E-state index contributed by atoms with van der Waals surface area (Å²) in [7, 11) is -3.58. The molecule has 0 radical (unpaired) electrons. The molecule has 0 aromatic heterocycles. The summed E-state index contributed by atoms with van der Waals surface area (Å²) >= 11 is 0. The van der Waals surface area contributed by atoms with Crippen LogP contribution >= 0.6 is 0 Å². The molecule has 7 nitrogen and oxygen atoms in total. The SMILES string of the molecule is O=C1c2cccc3c2N(CCN1[C@@H]1CN2CCC1CC2)S(=O)(=O)N3. The van der Waals surface area contributed by atoms with Gasteiger partial charge >= 0.3 is 10.2 Å². The summed E-state index contributed by atoms with van der Waals surface area (Å²) < 4.78 is 28.7. The van der Waals surface area contributed by atoms with Crippen LogP contribution in [0.4, 0.5) is 11.4 Å². The van der Waals surface area contributed by atoms with Crippen LogP contribution in [0.2, 0.25) is 0 Å². The molecule has 0 unspecified atom stereocenters. The summed E-state index contributed by atoms with van der Waals surface area (Å²) in [5.74, 6) is 0.502. The van der Waals surface area contributed by atoms with Crippen molar-refractivity contribution in [3.63, 3.8) is 0 Å². The number of piperidine rings is 3. The van der Waals surface area contributed by atoms with Crippen molar-refractivity contribution in [2.45, 2.75) is 18.9 Å². The van der Waals surface area contributed by atoms with Crippen molar-refractivity contribution in [2.75, 3.05) is 41.8 Å². The van der Waals surface area contributed by atoms with Gasteiger partial charge in [0.05, 0.1) is 23.5 Å². The van der Waals surface area contributed by atoms with Gasteiger partial charge in [-0.25, -0.2) is 4.31 Å². The number of nitrogens with one attached hydrogen (secondary N) is 1. The number of amides is 1. The molecule has 1 amide bonds. The smallest absolute Gasteiger partial charge is 0.324 e. The Hall–Kier alpha value is -1.80. The van der Waals surface area contributed by atoms with Gasteiger partial charge in [-0.1, -0.05) is 6.07 Å². The highest BCUT2D eigenvalue weighted by atomic mass is 32.2. The van der Waals surface area contributed by atoms with Gasteiger partial charge in [0.15, 0.2) is 0 Å². The van der Waals surface area contributed by atoms with Gasteiger partial charge in [0.2, 0.25) is 0 Å². The molecule has 0 saturated carbocycles. The van der Waals surface area contributed by atoms with E-state index in [9.17, 15) is 13.2 Å². The summed E-state index contributed by atoms with van der Waals surface area (Å²) in [4.78, 5) is 17.6. The predicted molar refractivity (Wildman–Crippen MR) is 90.3 cm³/mol. The van der Waals surface area contributed by atoms with Crippen LogP contribution in [0.3, 0.4) is 0 Å². The second kappa shape index (κ2) is 4.86. The Kier molecular flexibility index (Phi) is 2.94. The van der Waals surface area contributed by atoms with Gasteiger partial charge in [-0.2, -0.15) is 8.42 Å². The first-order chi connectivity index (χ1) is 11.5. The van der Waals surface area contributed by atoms with Crippen LogP contribution in [0.5, 0.6) is 0 Å². The predicted octanol–water partition coefficient (Wildman–Crippen LogP) is 0.713. The zero-order valence-corrected chi connectivity index (χ0v) is 14.1. The number of benzene rings is 1. The van der Waals surface area contributed by atoms with E-state index in [2.05, 4.69) is 9.62 Å². The first-order valence-corrected chi connectivity index (χ1v) is 9.95. The largest absolute Gasteiger partial charge is 0.332 e. The lowest BCUT2D eigenvalue weighted by Crippen LogP contribution is -2.59. The van der Waals surface area contributed by atoms with Gasteiger partial charge in [-0.15, -0.1) is 0 Å². The van der Waals surface area contributed by atoms with E-state index >= 15 is 0 Å². The fourth-order valence-corrected chi connectivity index (χ4v) is 5.98. The Morgan fingerprint density at radius 2 is 1.88 bits per heavy atom. The maximum atomic E-state index is 13.2. The molecule has 0 aliphatic carbocycles. The lowest BCUT2D eigenvalue weighted by atomic mass is 9.83. The van der Waals surface area contributed by atoms with Crippen molar-refractivity contribution in [3.8, 4) is 0 Å². The third-order valence-electron chi connectivity index (χ3n) is 5.87. The molecule has 5 aliphatic heterocycles. The standard InChI is InChI=1S/C16H20N4O3S/c21-16-12-2-1-3-13-15(12)20(24(22,23)17-13)9-8-19(16)14-10-18-6-4-11(14)5-7-18/h1-3,11,14,17H,4-10H2/t14-/m1/s1. The molecule has 3 fully saturated rings. The van der Waals surface area contributed by atoms with E-state index in [1.54, 1.807) is 18.2 Å². The molecule has 1 aromatic carbocycles. The van der Waals surface area contributed by atoms with E-state index < -0.39 is 10.2 Å². The summed E-state index contributed by atoms with van der Waals surface area (Å²) in [5, 5.41) is 0. The zero-order valence-electron chi connectivity index (χ0n) is 13.3. The van der Waals surface area contributed by atoms with Crippen molar-refractivity contribution in [1.29, 1.82) is 0 Å². The van der Waals surface area contributed by atoms with Crippen molar-refractivity contribution in [3.05, 3.63) is 23.8 Å². The van der Waals surface area contributed by atoms with E-state index in [-0.39, 0.29) is 11.9 Å². The number of fused-ring (bicyclic) bond motifs is 3. The van der Waals surface area contributed by atoms with Crippen molar-refractivity contribution < 1.29 is 13.2 Å². The number of para-hydroxylation sites is 1. The normalized spacial score (nSPS) is 33.2. The number of hydrogen-bond acceptors (Lipinski definition) is 4. The second-order valence-electron chi connectivity index (χ2n) is 7.08. The quantitative estimate of drug-likeness (QED) is 0.811. The first-order valence-electron chi connectivity index (χ1n) is 8.51. The molecule has 6 rings (SSSR count). The van der Waals surface area contributed by atoms with E-state index in [1.807, 2.05) is 4.90 Å². The molecule has 5 heterocycles. The van der Waals surface area contributed by atoms with Crippen molar-refractivity contribution in [2.24, 2.45) is 5.92 Å². The minimum absolute atomic E-state index is 0.0352. The Bertz CT molecular complexity index is 817. The van der Waals surface area contributed by atoms with Crippen LogP contribution < -0.4 is 9.03 Å². The van der Waals surface area contributed by atoms with Gasteiger partial charge in [-0.3, -0.25) is 9.52 Å². The number of nitrogens with zero attached hydrogens (tertiary/aromatic N) is 3. The lowest BCUT2D eigenvalue weighted by molar-refractivity contribution is 0.00913. The fraction of sp³-hybridized carbons (Fsp3) is 0.562. The van der Waals surface area contributed by atoms with Gasteiger partial charge in [-0.05, 0) is 44.0 Å². The Labute approximate surface area is 141 Å². The highest BCUT2D eigenvalue weighted by Crippen LogP contribution is 2.41. The van der Waals surface area contributed by atoms with Crippen LogP contribution in [0.15, 0.2) is 18.2 Å². The molecule has 1 N–H and O–H groups in total. The van der Waals surface area contributed by atoms with Gasteiger partial charge in [0.25, 0.3) is 5.91 Å². The van der Waals surface area contributed by atoms with E-state index in [0.29, 0.717) is 35.9 Å². The molecule has 2 bridgehead atoms. The van der Waals surface area contributed by atoms with Gasteiger partial charge in [0.1, 0.15) is 0 Å². The molecule has 3 saturated heterocycles. The van der Waals surface area contributed by atoms with Gasteiger partial charge in [0, 0.05) is 19.1 Å². The third-order valence-corrected chi connectivity index (χ3v) is 7.30. The molecule has 1 aromatic rings. The third kappa shape index (κ3) is 1.92. The Morgan fingerprint density at radius 3 is 2.58 bits per heavy atom. The average Bonchev–Trinajstić information content (AvgIpc) is 2.74. The monoisotopic (exact) mass is 348 g/mol. The number of carbonyl (C=O) groups is 1. The lowest BCUT2D eigenvalue weighted by Gasteiger charge is -2.48. The van der Waals surface area contributed by atoms with E-state index in [1.165, 1.54) is 4.31 Å². The Balaban J connectivity index is 1.57. The van der Waals surface area contributed by atoms with Crippen LogP contribution in [-0.4, -0.2) is 62.9 Å². The summed E-state index contributed by atoms with van der Waals surface area (Å²) in [6.45, 7) is 3.91. The van der Waals surface area contributed by atoms with Crippen LogP contribution in [0.25, 0.3) is 0 Å². The molecule has 1 atom stereocenters. The molecule has 5 aliphatic rings. The first kappa shape index (κ1) is 14.5. The average molecular weight is 348 g/mol. The number of anilines is 2. The summed E-state index contributed by atoms with van der Waals surface area (Å²) in [6, 6.07) is 5.41. The number of hydrogen-bond donors (Lipinski definition) is 1. The van der Waals surface area contributed by atoms with Crippen LogP contribution in [-0.2, 0) is 10.2 Å². The van der Waals surface area contributed by atoms with E-state index in [4.69, 9.17) is 0 Å². The number of rotatable bonds is 1. The van der Waals surface area contributed by atoms with Crippen LogP contribution in [0, 0.1) is 5.92 Å². The molecule has 0 spiro atoms. The molecule has 128 valence electrons. The molecule has 8 heteroatoms. The highest BCUT2D eigenvalue weighted by Gasteiger charge is 2.44. The maximum absolute atomic E-state index is 13.2. The summed E-state index contributed by atoms with van der Waals surface area (Å²) in [5.41, 5.74) is 1.53. The summed E-state index contributed by atoms with van der Waals surface area (Å²) in [6.07, 6.45) is 2.26. The zero-order chi connectivity index (χ0) is 16.5. The molecular formula is C16H20N4O3S. The molecule has 24 heavy (non-hydrogen) atoms.